The lowest BCUT2D eigenvalue weighted by Gasteiger charge is -2.14. The zero-order valence-corrected chi connectivity index (χ0v) is 15.7. The van der Waals surface area contributed by atoms with Gasteiger partial charge < -0.3 is 14.8 Å². The van der Waals surface area contributed by atoms with Crippen molar-refractivity contribution in [1.82, 2.24) is 30.0 Å². The molecule has 3 heterocycles. The maximum absolute atomic E-state index is 12.7. The highest BCUT2D eigenvalue weighted by Crippen LogP contribution is 2.26. The Bertz CT molecular complexity index is 992. The van der Waals surface area contributed by atoms with Gasteiger partial charge in [-0.05, 0) is 29.7 Å². The van der Waals surface area contributed by atoms with E-state index in [0.717, 1.165) is 16.8 Å². The number of aromatic amines is 1. The molecule has 0 radical (unpaired) electrons. The fourth-order valence-corrected chi connectivity index (χ4v) is 3.46. The molecule has 144 valence electrons. The van der Waals surface area contributed by atoms with Gasteiger partial charge in [-0.15, -0.1) is 0 Å². The second-order valence-corrected chi connectivity index (χ2v) is 6.95. The number of imidazole rings is 1. The molecule has 2 aromatic heterocycles. The van der Waals surface area contributed by atoms with Crippen LogP contribution in [0.15, 0.2) is 43.1 Å². The number of aromatic nitrogens is 4. The van der Waals surface area contributed by atoms with Crippen LogP contribution < -0.4 is 5.32 Å². The molecule has 2 amide bonds. The molecule has 8 nitrogen and oxygen atoms in total. The summed E-state index contributed by atoms with van der Waals surface area (Å²) in [5.41, 5.74) is 3.97. The van der Waals surface area contributed by atoms with Gasteiger partial charge in [0.15, 0.2) is 0 Å². The van der Waals surface area contributed by atoms with Gasteiger partial charge in [0.1, 0.15) is 0 Å². The first-order chi connectivity index (χ1) is 13.6. The smallest absolute Gasteiger partial charge is 0.254 e. The molecule has 1 aliphatic heterocycles. The summed E-state index contributed by atoms with van der Waals surface area (Å²) in [6.45, 7) is 1.54. The Morgan fingerprint density at radius 1 is 1.32 bits per heavy atom. The number of carbonyl (C=O) groups is 2. The van der Waals surface area contributed by atoms with Gasteiger partial charge in [-0.1, -0.05) is 6.07 Å². The highest BCUT2D eigenvalue weighted by atomic mass is 16.2. The standard InChI is InChI=1S/C20H22N6O2/c1-25-11-15(22-13-25)6-8-26-12-18-16(3-2-4-17(18)20(26)28)19(27)21-7-5-14-9-23-24-10-14/h2-4,9-11,13H,5-8,12H2,1H3,(H,21,27)(H,23,24). The van der Waals surface area contributed by atoms with E-state index in [4.69, 9.17) is 0 Å². The maximum atomic E-state index is 12.7. The molecular weight excluding hydrogens is 356 g/mol. The van der Waals surface area contributed by atoms with E-state index in [-0.39, 0.29) is 11.8 Å². The summed E-state index contributed by atoms with van der Waals surface area (Å²) < 4.78 is 1.89. The number of benzene rings is 1. The molecule has 0 aliphatic carbocycles. The largest absolute Gasteiger partial charge is 0.352 e. The number of H-pyrrole nitrogens is 1. The Kier molecular flexibility index (Phi) is 4.92. The average Bonchev–Trinajstić information content (AvgIpc) is 3.41. The van der Waals surface area contributed by atoms with E-state index in [1.54, 1.807) is 35.6 Å². The monoisotopic (exact) mass is 378 g/mol. The van der Waals surface area contributed by atoms with Gasteiger partial charge in [-0.3, -0.25) is 14.7 Å². The molecule has 0 atom stereocenters. The van der Waals surface area contributed by atoms with E-state index in [1.165, 1.54) is 0 Å². The van der Waals surface area contributed by atoms with E-state index in [0.29, 0.717) is 43.6 Å². The number of carbonyl (C=O) groups excluding carboxylic acids is 2. The quantitative estimate of drug-likeness (QED) is 0.648. The van der Waals surface area contributed by atoms with Crippen molar-refractivity contribution in [2.75, 3.05) is 13.1 Å². The van der Waals surface area contributed by atoms with Crippen LogP contribution in [0, 0.1) is 0 Å². The third kappa shape index (κ3) is 3.66. The van der Waals surface area contributed by atoms with Gasteiger partial charge in [0.05, 0.1) is 18.2 Å². The molecule has 2 N–H and O–H groups in total. The number of hydrogen-bond acceptors (Lipinski definition) is 4. The summed E-state index contributed by atoms with van der Waals surface area (Å²) in [6, 6.07) is 5.34. The van der Waals surface area contributed by atoms with Crippen molar-refractivity contribution in [3.8, 4) is 0 Å². The zero-order valence-electron chi connectivity index (χ0n) is 15.7. The lowest BCUT2D eigenvalue weighted by Crippen LogP contribution is -2.27. The topological polar surface area (TPSA) is 95.9 Å². The van der Waals surface area contributed by atoms with Crippen LogP contribution in [-0.2, 0) is 26.4 Å². The minimum absolute atomic E-state index is 0.0287. The first kappa shape index (κ1) is 18.0. The Morgan fingerprint density at radius 3 is 2.96 bits per heavy atom. The van der Waals surface area contributed by atoms with Crippen LogP contribution in [0.1, 0.15) is 37.5 Å². The summed E-state index contributed by atoms with van der Waals surface area (Å²) >= 11 is 0. The van der Waals surface area contributed by atoms with Crippen molar-refractivity contribution in [1.29, 1.82) is 0 Å². The van der Waals surface area contributed by atoms with Crippen LogP contribution in [0.25, 0.3) is 0 Å². The molecule has 1 aromatic carbocycles. The first-order valence-electron chi connectivity index (χ1n) is 9.25. The van der Waals surface area contributed by atoms with Gasteiger partial charge >= 0.3 is 0 Å². The van der Waals surface area contributed by atoms with Gasteiger partial charge in [-0.25, -0.2) is 4.98 Å². The van der Waals surface area contributed by atoms with E-state index >= 15 is 0 Å². The summed E-state index contributed by atoms with van der Waals surface area (Å²) in [7, 11) is 1.92. The molecule has 8 heteroatoms. The summed E-state index contributed by atoms with van der Waals surface area (Å²) in [6.07, 6.45) is 8.64. The second-order valence-electron chi connectivity index (χ2n) is 6.95. The van der Waals surface area contributed by atoms with Gasteiger partial charge in [0.2, 0.25) is 0 Å². The summed E-state index contributed by atoms with van der Waals surface area (Å²) in [5, 5.41) is 9.59. The lowest BCUT2D eigenvalue weighted by molar-refractivity contribution is 0.0779. The van der Waals surface area contributed by atoms with Gasteiger partial charge in [0, 0.05) is 56.6 Å². The third-order valence-electron chi connectivity index (χ3n) is 4.94. The van der Waals surface area contributed by atoms with Gasteiger partial charge in [0.25, 0.3) is 11.8 Å². The van der Waals surface area contributed by atoms with E-state index in [2.05, 4.69) is 20.5 Å². The molecule has 0 saturated carbocycles. The van der Waals surface area contributed by atoms with E-state index in [1.807, 2.05) is 24.0 Å². The Morgan fingerprint density at radius 2 is 2.21 bits per heavy atom. The minimum Gasteiger partial charge on any atom is -0.352 e. The lowest BCUT2D eigenvalue weighted by atomic mass is 10.0. The van der Waals surface area contributed by atoms with Gasteiger partial charge in [-0.2, -0.15) is 5.10 Å². The number of rotatable bonds is 7. The van der Waals surface area contributed by atoms with Crippen LogP contribution in [0.2, 0.25) is 0 Å². The van der Waals surface area contributed by atoms with Crippen molar-refractivity contribution in [2.45, 2.75) is 19.4 Å². The van der Waals surface area contributed by atoms with Crippen LogP contribution in [0.5, 0.6) is 0 Å². The fraction of sp³-hybridized carbons (Fsp3) is 0.300. The predicted molar refractivity (Wildman–Crippen MR) is 103 cm³/mol. The first-order valence-corrected chi connectivity index (χ1v) is 9.25. The highest BCUT2D eigenvalue weighted by Gasteiger charge is 2.30. The molecule has 28 heavy (non-hydrogen) atoms. The summed E-state index contributed by atoms with van der Waals surface area (Å²) in [5.74, 6) is -0.182. The van der Waals surface area contributed by atoms with Crippen molar-refractivity contribution >= 4 is 11.8 Å². The number of nitrogens with one attached hydrogen (secondary N) is 2. The minimum atomic E-state index is -0.153. The molecule has 0 unspecified atom stereocenters. The third-order valence-corrected chi connectivity index (χ3v) is 4.94. The van der Waals surface area contributed by atoms with Crippen molar-refractivity contribution in [3.63, 3.8) is 0 Å². The SMILES string of the molecule is Cn1cnc(CCN2Cc3c(C(=O)NCCc4cn[nH]c4)cccc3C2=O)c1. The number of aryl methyl sites for hydroxylation is 1. The second kappa shape index (κ2) is 7.67. The Labute approximate surface area is 162 Å². The van der Waals surface area contributed by atoms with E-state index < -0.39 is 0 Å². The number of amides is 2. The van der Waals surface area contributed by atoms with Crippen molar-refractivity contribution < 1.29 is 9.59 Å². The number of hydrogen-bond donors (Lipinski definition) is 2. The van der Waals surface area contributed by atoms with Crippen LogP contribution in [0.3, 0.4) is 0 Å². The van der Waals surface area contributed by atoms with E-state index in [9.17, 15) is 9.59 Å². The predicted octanol–water partition coefficient (Wildman–Crippen LogP) is 1.31. The maximum Gasteiger partial charge on any atom is 0.254 e. The zero-order chi connectivity index (χ0) is 19.5. The van der Waals surface area contributed by atoms with Crippen LogP contribution in [-0.4, -0.2) is 49.6 Å². The van der Waals surface area contributed by atoms with Crippen LogP contribution >= 0.6 is 0 Å². The fourth-order valence-electron chi connectivity index (χ4n) is 3.46. The van der Waals surface area contributed by atoms with Crippen molar-refractivity contribution in [2.24, 2.45) is 7.05 Å². The molecule has 0 bridgehead atoms. The molecule has 4 rings (SSSR count). The molecule has 1 aliphatic rings. The molecular formula is C20H22N6O2. The highest BCUT2D eigenvalue weighted by molar-refractivity contribution is 6.04. The van der Waals surface area contributed by atoms with Crippen LogP contribution in [0.4, 0.5) is 0 Å². The molecule has 0 spiro atoms. The molecule has 0 saturated heterocycles. The molecule has 3 aromatic rings. The summed E-state index contributed by atoms with van der Waals surface area (Å²) in [4.78, 5) is 31.5. The normalized spacial score (nSPS) is 13.0. The van der Waals surface area contributed by atoms with Crippen molar-refractivity contribution in [3.05, 3.63) is 71.1 Å². The number of fused-ring (bicyclic) bond motifs is 1. The molecule has 0 fully saturated rings. The Balaban J connectivity index is 1.40. The Hall–Kier alpha value is -3.42. The number of nitrogens with zero attached hydrogens (tertiary/aromatic N) is 4. The average molecular weight is 378 g/mol.